The predicted molar refractivity (Wildman–Crippen MR) is 81.4 cm³/mol. The van der Waals surface area contributed by atoms with Gasteiger partial charge in [-0.2, -0.15) is 0 Å². The molecular weight excluding hydrogens is 297 g/mol. The number of aromatic nitrogens is 3. The van der Waals surface area contributed by atoms with Crippen LogP contribution in [0.4, 0.5) is 4.39 Å². The molecule has 0 amide bonds. The van der Waals surface area contributed by atoms with Gasteiger partial charge in [-0.25, -0.2) is 4.39 Å². The maximum atomic E-state index is 12.9. The third-order valence-electron chi connectivity index (χ3n) is 3.55. The lowest BCUT2D eigenvalue weighted by atomic mass is 10.1. The molecule has 0 unspecified atom stereocenters. The molecule has 0 saturated heterocycles. The van der Waals surface area contributed by atoms with Gasteiger partial charge in [-0.15, -0.1) is 10.2 Å². The van der Waals surface area contributed by atoms with E-state index in [1.807, 2.05) is 24.3 Å². The number of carbonyl (C=O) groups excluding carboxylic acids is 1. The first kappa shape index (κ1) is 13.4. The monoisotopic (exact) mass is 307 g/mol. The number of nitrogens with one attached hydrogen (secondary N) is 1. The van der Waals surface area contributed by atoms with Crippen molar-refractivity contribution in [3.8, 4) is 11.5 Å². The van der Waals surface area contributed by atoms with E-state index in [1.54, 1.807) is 6.20 Å². The van der Waals surface area contributed by atoms with E-state index in [0.717, 1.165) is 16.5 Å². The largest absolute Gasteiger partial charge is 0.413 e. The Morgan fingerprint density at radius 1 is 1.04 bits per heavy atom. The number of nitrogens with zero attached hydrogens (tertiary/aromatic N) is 2. The number of rotatable bonds is 3. The first-order valence-electron chi connectivity index (χ1n) is 6.92. The number of hydrogen-bond donors (Lipinski definition) is 1. The van der Waals surface area contributed by atoms with E-state index in [-0.39, 0.29) is 11.8 Å². The molecule has 6 heteroatoms. The predicted octanol–water partition coefficient (Wildman–Crippen LogP) is 3.59. The maximum Gasteiger partial charge on any atom is 0.289 e. The van der Waals surface area contributed by atoms with Gasteiger partial charge in [-0.1, -0.05) is 18.2 Å². The average Bonchev–Trinajstić information content (AvgIpc) is 3.21. The molecule has 0 radical (unpaired) electrons. The van der Waals surface area contributed by atoms with Gasteiger partial charge in [0.15, 0.2) is 0 Å². The molecule has 2 heterocycles. The van der Waals surface area contributed by atoms with E-state index >= 15 is 0 Å². The number of hydrogen-bond acceptors (Lipinski definition) is 4. The number of fused-ring (bicyclic) bond motifs is 1. The number of halogens is 1. The highest BCUT2D eigenvalue weighted by Crippen LogP contribution is 2.27. The molecular formula is C17H10FN3O2. The summed E-state index contributed by atoms with van der Waals surface area (Å²) in [6.45, 7) is 0. The normalized spacial score (nSPS) is 11.0. The zero-order valence-corrected chi connectivity index (χ0v) is 11.8. The second kappa shape index (κ2) is 5.17. The van der Waals surface area contributed by atoms with E-state index < -0.39 is 11.6 Å². The zero-order valence-electron chi connectivity index (χ0n) is 11.8. The number of para-hydroxylation sites is 1. The summed E-state index contributed by atoms with van der Waals surface area (Å²) in [5, 5.41) is 8.67. The van der Waals surface area contributed by atoms with Crippen LogP contribution in [0.15, 0.2) is 59.1 Å². The summed E-state index contributed by atoms with van der Waals surface area (Å²) in [5.41, 5.74) is 1.96. The van der Waals surface area contributed by atoms with Crippen LogP contribution in [0.2, 0.25) is 0 Å². The summed E-state index contributed by atoms with van der Waals surface area (Å²) in [5.74, 6) is -0.722. The molecule has 4 rings (SSSR count). The molecule has 0 fully saturated rings. The van der Waals surface area contributed by atoms with E-state index in [1.165, 1.54) is 24.3 Å². The van der Waals surface area contributed by atoms with Crippen molar-refractivity contribution in [3.63, 3.8) is 0 Å². The Kier molecular flexibility index (Phi) is 3.01. The van der Waals surface area contributed by atoms with Gasteiger partial charge in [0.05, 0.1) is 5.56 Å². The number of carbonyl (C=O) groups is 1. The minimum Gasteiger partial charge on any atom is -0.413 e. The van der Waals surface area contributed by atoms with E-state index in [2.05, 4.69) is 15.2 Å². The highest BCUT2D eigenvalue weighted by atomic mass is 19.1. The van der Waals surface area contributed by atoms with Gasteiger partial charge >= 0.3 is 0 Å². The molecule has 0 atom stereocenters. The average molecular weight is 307 g/mol. The van der Waals surface area contributed by atoms with Crippen molar-refractivity contribution >= 4 is 16.7 Å². The molecule has 0 aliphatic heterocycles. The van der Waals surface area contributed by atoms with Crippen molar-refractivity contribution in [2.75, 3.05) is 0 Å². The van der Waals surface area contributed by atoms with Crippen molar-refractivity contribution in [1.29, 1.82) is 0 Å². The minimum absolute atomic E-state index is 0.128. The van der Waals surface area contributed by atoms with Crippen LogP contribution in [0.5, 0.6) is 0 Å². The van der Waals surface area contributed by atoms with Gasteiger partial charge in [0.2, 0.25) is 11.7 Å². The Labute approximate surface area is 129 Å². The number of H-pyrrole nitrogens is 1. The molecule has 1 N–H and O–H groups in total. The van der Waals surface area contributed by atoms with Crippen molar-refractivity contribution in [2.45, 2.75) is 0 Å². The second-order valence-corrected chi connectivity index (χ2v) is 5.00. The third kappa shape index (κ3) is 2.30. The van der Waals surface area contributed by atoms with Crippen LogP contribution in [0.1, 0.15) is 16.2 Å². The standard InChI is InChI=1S/C17H10FN3O2/c18-11-7-5-10(6-8-11)15(22)17-21-20-16(23-17)13-9-19-14-4-2-1-3-12(13)14/h1-9,19H. The summed E-state index contributed by atoms with van der Waals surface area (Å²) in [6, 6.07) is 12.9. The van der Waals surface area contributed by atoms with Gasteiger partial charge in [0.25, 0.3) is 5.89 Å². The van der Waals surface area contributed by atoms with Crippen LogP contribution in [0, 0.1) is 5.82 Å². The van der Waals surface area contributed by atoms with Gasteiger partial charge in [-0.3, -0.25) is 4.79 Å². The van der Waals surface area contributed by atoms with Gasteiger partial charge in [0.1, 0.15) is 5.82 Å². The van der Waals surface area contributed by atoms with Gasteiger partial charge in [-0.05, 0) is 30.3 Å². The Bertz CT molecular complexity index is 1000. The Morgan fingerprint density at radius 3 is 2.65 bits per heavy atom. The SMILES string of the molecule is O=C(c1ccc(F)cc1)c1nnc(-c2c[nH]c3ccccc23)o1. The molecule has 5 nitrogen and oxygen atoms in total. The van der Waals surface area contributed by atoms with E-state index in [9.17, 15) is 9.18 Å². The second-order valence-electron chi connectivity index (χ2n) is 5.00. The molecule has 4 aromatic rings. The number of benzene rings is 2. The van der Waals surface area contributed by atoms with Crippen LogP contribution in [0.3, 0.4) is 0 Å². The first-order valence-corrected chi connectivity index (χ1v) is 6.92. The molecule has 2 aromatic carbocycles. The Balaban J connectivity index is 1.71. The smallest absolute Gasteiger partial charge is 0.289 e. The molecule has 0 spiro atoms. The summed E-state index contributed by atoms with van der Waals surface area (Å²) in [4.78, 5) is 15.4. The van der Waals surface area contributed by atoms with Crippen LogP contribution in [-0.4, -0.2) is 21.0 Å². The Morgan fingerprint density at radius 2 is 1.83 bits per heavy atom. The zero-order chi connectivity index (χ0) is 15.8. The number of ketones is 1. The lowest BCUT2D eigenvalue weighted by molar-refractivity contribution is 0.100. The van der Waals surface area contributed by atoms with Gasteiger partial charge in [0, 0.05) is 22.7 Å². The molecule has 2 aromatic heterocycles. The molecule has 23 heavy (non-hydrogen) atoms. The molecule has 112 valence electrons. The van der Waals surface area contributed by atoms with Gasteiger partial charge < -0.3 is 9.40 Å². The summed E-state index contributed by atoms with van der Waals surface area (Å²) >= 11 is 0. The quantitative estimate of drug-likeness (QED) is 0.587. The van der Waals surface area contributed by atoms with Crippen LogP contribution in [-0.2, 0) is 0 Å². The van der Waals surface area contributed by atoms with Crippen LogP contribution in [0.25, 0.3) is 22.4 Å². The molecule has 0 bridgehead atoms. The fraction of sp³-hybridized carbons (Fsp3) is 0. The van der Waals surface area contributed by atoms with Crippen LogP contribution < -0.4 is 0 Å². The summed E-state index contributed by atoms with van der Waals surface area (Å²) in [6.07, 6.45) is 1.75. The maximum absolute atomic E-state index is 12.9. The number of aromatic amines is 1. The minimum atomic E-state index is -0.441. The fourth-order valence-electron chi connectivity index (χ4n) is 2.40. The first-order chi connectivity index (χ1) is 11.2. The summed E-state index contributed by atoms with van der Waals surface area (Å²) in [7, 11) is 0. The summed E-state index contributed by atoms with van der Waals surface area (Å²) < 4.78 is 18.4. The lowest BCUT2D eigenvalue weighted by Crippen LogP contribution is -2.01. The molecule has 0 aliphatic carbocycles. The van der Waals surface area contributed by atoms with Crippen molar-refractivity contribution < 1.29 is 13.6 Å². The molecule has 0 aliphatic rings. The van der Waals surface area contributed by atoms with Crippen molar-refractivity contribution in [1.82, 2.24) is 15.2 Å². The van der Waals surface area contributed by atoms with E-state index in [4.69, 9.17) is 4.42 Å². The van der Waals surface area contributed by atoms with Crippen LogP contribution >= 0.6 is 0 Å². The topological polar surface area (TPSA) is 71.8 Å². The highest BCUT2D eigenvalue weighted by molar-refractivity contribution is 6.06. The highest BCUT2D eigenvalue weighted by Gasteiger charge is 2.19. The third-order valence-corrected chi connectivity index (χ3v) is 3.55. The lowest BCUT2D eigenvalue weighted by Gasteiger charge is -1.95. The fourth-order valence-corrected chi connectivity index (χ4v) is 2.40. The molecule has 0 saturated carbocycles. The van der Waals surface area contributed by atoms with Crippen molar-refractivity contribution in [3.05, 3.63) is 72.0 Å². The van der Waals surface area contributed by atoms with E-state index in [0.29, 0.717) is 5.56 Å². The van der Waals surface area contributed by atoms with Crippen molar-refractivity contribution in [2.24, 2.45) is 0 Å². The Hall–Kier alpha value is -3.28.